The van der Waals surface area contributed by atoms with Gasteiger partial charge in [-0.15, -0.1) is 0 Å². The molecule has 0 spiro atoms. The predicted octanol–water partition coefficient (Wildman–Crippen LogP) is 2.58. The Morgan fingerprint density at radius 3 is 2.90 bits per heavy atom. The van der Waals surface area contributed by atoms with Crippen molar-refractivity contribution in [1.29, 1.82) is 0 Å². The number of hydrogen-bond acceptors (Lipinski definition) is 4. The number of aromatic nitrogens is 1. The molecule has 0 atom stereocenters. The summed E-state index contributed by atoms with van der Waals surface area (Å²) in [4.78, 5) is 16.5. The van der Waals surface area contributed by atoms with Crippen LogP contribution in [-0.2, 0) is 4.74 Å². The Hall–Kier alpha value is -1.78. The maximum absolute atomic E-state index is 12.4. The number of nitrogens with one attached hydrogen (secondary N) is 1. The summed E-state index contributed by atoms with van der Waals surface area (Å²) in [5.41, 5.74) is 0.696. The standard InChI is InChI=1S/C17H20N2O2/c20-17(7-10-21-14-5-8-18-9-6-14)16-12-19-11-13-3-1-2-4-15(13)16/h1-4,11-12,14,18H,5-10H2. The molecule has 0 radical (unpaired) electrons. The molecule has 1 saturated heterocycles. The molecule has 4 nitrogen and oxygen atoms in total. The van der Waals surface area contributed by atoms with Crippen molar-refractivity contribution in [2.75, 3.05) is 19.7 Å². The lowest BCUT2D eigenvalue weighted by molar-refractivity contribution is 0.0314. The third-order valence-electron chi connectivity index (χ3n) is 3.94. The van der Waals surface area contributed by atoms with Gasteiger partial charge < -0.3 is 10.1 Å². The van der Waals surface area contributed by atoms with Crippen molar-refractivity contribution >= 4 is 16.6 Å². The van der Waals surface area contributed by atoms with E-state index >= 15 is 0 Å². The summed E-state index contributed by atoms with van der Waals surface area (Å²) in [6, 6.07) is 7.85. The number of hydrogen-bond donors (Lipinski definition) is 1. The van der Waals surface area contributed by atoms with E-state index in [-0.39, 0.29) is 5.78 Å². The van der Waals surface area contributed by atoms with Crippen LogP contribution < -0.4 is 5.32 Å². The van der Waals surface area contributed by atoms with Crippen molar-refractivity contribution in [3.63, 3.8) is 0 Å². The first kappa shape index (κ1) is 14.2. The molecule has 0 aliphatic carbocycles. The summed E-state index contributed by atoms with van der Waals surface area (Å²) < 4.78 is 5.81. The van der Waals surface area contributed by atoms with E-state index in [4.69, 9.17) is 4.74 Å². The van der Waals surface area contributed by atoms with Crippen molar-refractivity contribution in [1.82, 2.24) is 10.3 Å². The van der Waals surface area contributed by atoms with Gasteiger partial charge in [-0.3, -0.25) is 9.78 Å². The van der Waals surface area contributed by atoms with Crippen molar-refractivity contribution in [3.8, 4) is 0 Å². The van der Waals surface area contributed by atoms with Crippen LogP contribution in [0.4, 0.5) is 0 Å². The molecular weight excluding hydrogens is 264 g/mol. The number of fused-ring (bicyclic) bond motifs is 1. The summed E-state index contributed by atoms with van der Waals surface area (Å²) in [6.07, 6.45) is 6.23. The molecule has 1 N–H and O–H groups in total. The lowest BCUT2D eigenvalue weighted by Gasteiger charge is -2.22. The van der Waals surface area contributed by atoms with Crippen LogP contribution in [0.1, 0.15) is 29.6 Å². The second-order valence-electron chi connectivity index (χ2n) is 5.40. The number of rotatable bonds is 5. The van der Waals surface area contributed by atoms with E-state index in [0.29, 0.717) is 24.7 Å². The van der Waals surface area contributed by atoms with Gasteiger partial charge in [-0.2, -0.15) is 0 Å². The number of Topliss-reactive ketones (excluding diaryl/α,β-unsaturated/α-hetero) is 1. The molecule has 0 unspecified atom stereocenters. The first-order valence-corrected chi connectivity index (χ1v) is 7.53. The van der Waals surface area contributed by atoms with E-state index in [1.165, 1.54) is 0 Å². The molecule has 4 heteroatoms. The number of carbonyl (C=O) groups excluding carboxylic acids is 1. The van der Waals surface area contributed by atoms with Gasteiger partial charge in [0.25, 0.3) is 0 Å². The lowest BCUT2D eigenvalue weighted by Crippen LogP contribution is -2.32. The van der Waals surface area contributed by atoms with Crippen molar-refractivity contribution < 1.29 is 9.53 Å². The van der Waals surface area contributed by atoms with Crippen molar-refractivity contribution in [2.24, 2.45) is 0 Å². The molecule has 2 aromatic rings. The Balaban J connectivity index is 1.61. The summed E-state index contributed by atoms with van der Waals surface area (Å²) in [6.45, 7) is 2.50. The molecular formula is C17H20N2O2. The lowest BCUT2D eigenvalue weighted by atomic mass is 10.0. The van der Waals surface area contributed by atoms with Crippen molar-refractivity contribution in [2.45, 2.75) is 25.4 Å². The molecule has 0 amide bonds. The van der Waals surface area contributed by atoms with Gasteiger partial charge in [-0.05, 0) is 31.3 Å². The zero-order valence-electron chi connectivity index (χ0n) is 12.0. The van der Waals surface area contributed by atoms with Gasteiger partial charge in [0.15, 0.2) is 5.78 Å². The average molecular weight is 284 g/mol. The number of ketones is 1. The zero-order chi connectivity index (χ0) is 14.5. The van der Waals surface area contributed by atoms with Crippen molar-refractivity contribution in [3.05, 3.63) is 42.2 Å². The van der Waals surface area contributed by atoms with Crippen LogP contribution in [0.25, 0.3) is 10.8 Å². The third-order valence-corrected chi connectivity index (χ3v) is 3.94. The Bertz CT molecular complexity index is 616. The van der Waals surface area contributed by atoms with Gasteiger partial charge in [-0.25, -0.2) is 0 Å². The van der Waals surface area contributed by atoms with E-state index < -0.39 is 0 Å². The normalized spacial score (nSPS) is 16.2. The van der Waals surface area contributed by atoms with E-state index in [1.807, 2.05) is 24.3 Å². The fourth-order valence-electron chi connectivity index (χ4n) is 2.75. The van der Waals surface area contributed by atoms with E-state index in [9.17, 15) is 4.79 Å². The molecule has 1 aliphatic rings. The number of pyridine rings is 1. The molecule has 1 aromatic carbocycles. The molecule has 0 bridgehead atoms. The molecule has 0 saturated carbocycles. The van der Waals surface area contributed by atoms with Crippen LogP contribution in [0.5, 0.6) is 0 Å². The summed E-state index contributed by atoms with van der Waals surface area (Å²) >= 11 is 0. The number of nitrogens with zero attached hydrogens (tertiary/aromatic N) is 1. The molecule has 21 heavy (non-hydrogen) atoms. The molecule has 1 aromatic heterocycles. The second kappa shape index (κ2) is 6.78. The maximum atomic E-state index is 12.4. The number of carbonyl (C=O) groups is 1. The Morgan fingerprint density at radius 1 is 1.24 bits per heavy atom. The SMILES string of the molecule is O=C(CCOC1CCNCC1)c1cncc2ccccc12. The van der Waals surface area contributed by atoms with Crippen LogP contribution in [-0.4, -0.2) is 36.6 Å². The van der Waals surface area contributed by atoms with E-state index in [1.54, 1.807) is 12.4 Å². The highest BCUT2D eigenvalue weighted by Gasteiger charge is 2.15. The van der Waals surface area contributed by atoms with E-state index in [0.717, 1.165) is 36.7 Å². The van der Waals surface area contributed by atoms with Crippen LogP contribution in [0.2, 0.25) is 0 Å². The summed E-state index contributed by atoms with van der Waals surface area (Å²) in [5.74, 6) is 0.105. The smallest absolute Gasteiger partial charge is 0.167 e. The van der Waals surface area contributed by atoms with Gasteiger partial charge in [0.1, 0.15) is 0 Å². The minimum absolute atomic E-state index is 0.105. The maximum Gasteiger partial charge on any atom is 0.167 e. The number of piperidine rings is 1. The monoisotopic (exact) mass is 284 g/mol. The van der Waals surface area contributed by atoms with Gasteiger partial charge in [0.05, 0.1) is 12.7 Å². The summed E-state index contributed by atoms with van der Waals surface area (Å²) in [7, 11) is 0. The molecule has 1 aliphatic heterocycles. The number of ether oxygens (including phenoxy) is 1. The Labute approximate surface area is 124 Å². The fourth-order valence-corrected chi connectivity index (χ4v) is 2.75. The fraction of sp³-hybridized carbons (Fsp3) is 0.412. The molecule has 1 fully saturated rings. The predicted molar refractivity (Wildman–Crippen MR) is 82.5 cm³/mol. The zero-order valence-corrected chi connectivity index (χ0v) is 12.0. The van der Waals surface area contributed by atoms with Crippen LogP contribution >= 0.6 is 0 Å². The van der Waals surface area contributed by atoms with Gasteiger partial charge in [0, 0.05) is 29.8 Å². The van der Waals surface area contributed by atoms with Crippen LogP contribution in [0.15, 0.2) is 36.7 Å². The van der Waals surface area contributed by atoms with Gasteiger partial charge in [0.2, 0.25) is 0 Å². The van der Waals surface area contributed by atoms with Gasteiger partial charge in [-0.1, -0.05) is 24.3 Å². The summed E-state index contributed by atoms with van der Waals surface area (Å²) in [5, 5.41) is 5.28. The van der Waals surface area contributed by atoms with E-state index in [2.05, 4.69) is 10.3 Å². The topological polar surface area (TPSA) is 51.2 Å². The minimum Gasteiger partial charge on any atom is -0.378 e. The highest BCUT2D eigenvalue weighted by molar-refractivity contribution is 6.07. The molecule has 3 rings (SSSR count). The Morgan fingerprint density at radius 2 is 2.05 bits per heavy atom. The number of benzene rings is 1. The first-order chi connectivity index (χ1) is 10.3. The second-order valence-corrected chi connectivity index (χ2v) is 5.40. The Kier molecular flexibility index (Phi) is 4.58. The largest absolute Gasteiger partial charge is 0.378 e. The highest BCUT2D eigenvalue weighted by Crippen LogP contribution is 2.18. The minimum atomic E-state index is 0.105. The highest BCUT2D eigenvalue weighted by atomic mass is 16.5. The third kappa shape index (κ3) is 3.46. The average Bonchev–Trinajstić information content (AvgIpc) is 2.55. The van der Waals surface area contributed by atoms with Crippen LogP contribution in [0.3, 0.4) is 0 Å². The molecule has 2 heterocycles. The first-order valence-electron chi connectivity index (χ1n) is 7.53. The van der Waals surface area contributed by atoms with Crippen LogP contribution in [0, 0.1) is 0 Å². The molecule has 110 valence electrons. The quantitative estimate of drug-likeness (QED) is 0.857. The van der Waals surface area contributed by atoms with Gasteiger partial charge >= 0.3 is 0 Å².